The van der Waals surface area contributed by atoms with Crippen molar-refractivity contribution >= 4 is 45.0 Å². The van der Waals surface area contributed by atoms with E-state index in [1.54, 1.807) is 34.0 Å². The molecule has 0 aromatic carbocycles. The number of rotatable bonds is 4. The number of aromatic nitrogens is 2. The molecule has 4 aromatic heterocycles. The number of nitrogens with one attached hydrogen (secondary N) is 1. The summed E-state index contributed by atoms with van der Waals surface area (Å²) < 4.78 is 5.37. The van der Waals surface area contributed by atoms with Crippen molar-refractivity contribution in [3.05, 3.63) is 45.4 Å². The number of hydrogen-bond acceptors (Lipinski definition) is 6. The van der Waals surface area contributed by atoms with Crippen LogP contribution in [0.5, 0.6) is 5.88 Å². The average Bonchev–Trinajstić information content (AvgIpc) is 3.28. The maximum atomic E-state index is 12.2. The van der Waals surface area contributed by atoms with Gasteiger partial charge in [0.15, 0.2) is 0 Å². The smallest absolute Gasteiger partial charge is 0.311 e. The van der Waals surface area contributed by atoms with Crippen LogP contribution in [0, 0.1) is 0 Å². The van der Waals surface area contributed by atoms with Crippen molar-refractivity contribution in [2.75, 3.05) is 6.61 Å². The second-order valence-corrected chi connectivity index (χ2v) is 7.66. The Balaban J connectivity index is 2.04. The Kier molecular flexibility index (Phi) is 3.76. The van der Waals surface area contributed by atoms with Gasteiger partial charge in [0, 0.05) is 9.75 Å². The van der Waals surface area contributed by atoms with Crippen LogP contribution in [0.2, 0.25) is 0 Å². The minimum atomic E-state index is -0.285. The van der Waals surface area contributed by atoms with Gasteiger partial charge in [-0.3, -0.25) is 4.79 Å². The normalized spacial score (nSPS) is 11.2. The van der Waals surface area contributed by atoms with Gasteiger partial charge in [-0.25, -0.2) is 4.98 Å². The van der Waals surface area contributed by atoms with Gasteiger partial charge in [0.2, 0.25) is 0 Å². The molecule has 4 nitrogen and oxygen atoms in total. The average molecular weight is 360 g/mol. The molecule has 0 aliphatic rings. The maximum Gasteiger partial charge on any atom is 0.311 e. The quantitative estimate of drug-likeness (QED) is 0.566. The Labute approximate surface area is 144 Å². The largest absolute Gasteiger partial charge is 0.474 e. The van der Waals surface area contributed by atoms with E-state index in [9.17, 15) is 4.79 Å². The fourth-order valence-corrected chi connectivity index (χ4v) is 5.26. The molecule has 4 aromatic rings. The first-order valence-corrected chi connectivity index (χ1v) is 9.63. The lowest BCUT2D eigenvalue weighted by atomic mass is 10.3. The SMILES string of the molecule is CCOc1nc2c(-c3cccs3)sc(-c3cccs3)c2[nH]c1=O. The first-order chi connectivity index (χ1) is 11.3. The van der Waals surface area contributed by atoms with Crippen molar-refractivity contribution in [2.45, 2.75) is 6.92 Å². The zero-order chi connectivity index (χ0) is 15.8. The van der Waals surface area contributed by atoms with Crippen LogP contribution in [-0.2, 0) is 0 Å². The van der Waals surface area contributed by atoms with Gasteiger partial charge in [0.05, 0.1) is 21.9 Å². The molecular formula is C16H12N2O2S3. The van der Waals surface area contributed by atoms with Gasteiger partial charge in [0.25, 0.3) is 5.88 Å². The lowest BCUT2D eigenvalue weighted by molar-refractivity contribution is 0.323. The summed E-state index contributed by atoms with van der Waals surface area (Å²) in [5, 5.41) is 4.08. The Morgan fingerprint density at radius 1 is 1.13 bits per heavy atom. The standard InChI is InChI=1S/C16H12N2O2S3/c1-2-20-16-15(19)17-11-12(18-16)14(10-6-4-8-22-10)23-13(11)9-5-3-7-21-9/h3-8H,2H2,1H3,(H,17,19). The van der Waals surface area contributed by atoms with E-state index < -0.39 is 0 Å². The van der Waals surface area contributed by atoms with Crippen molar-refractivity contribution in [1.82, 2.24) is 9.97 Å². The van der Waals surface area contributed by atoms with Crippen molar-refractivity contribution in [2.24, 2.45) is 0 Å². The van der Waals surface area contributed by atoms with E-state index in [2.05, 4.69) is 22.1 Å². The molecule has 0 aliphatic carbocycles. The monoisotopic (exact) mass is 360 g/mol. The molecule has 4 heterocycles. The zero-order valence-electron chi connectivity index (χ0n) is 12.2. The zero-order valence-corrected chi connectivity index (χ0v) is 14.6. The molecule has 0 saturated carbocycles. The van der Waals surface area contributed by atoms with Crippen LogP contribution < -0.4 is 10.3 Å². The Hall–Kier alpha value is -1.96. The number of thiophene rings is 3. The van der Waals surface area contributed by atoms with E-state index in [-0.39, 0.29) is 11.4 Å². The highest BCUT2D eigenvalue weighted by Gasteiger charge is 2.19. The number of H-pyrrole nitrogens is 1. The molecule has 0 spiro atoms. The van der Waals surface area contributed by atoms with E-state index in [0.29, 0.717) is 6.61 Å². The van der Waals surface area contributed by atoms with Crippen LogP contribution in [0.15, 0.2) is 39.8 Å². The molecule has 0 aliphatic heterocycles. The third-order valence-electron chi connectivity index (χ3n) is 3.30. The van der Waals surface area contributed by atoms with Gasteiger partial charge >= 0.3 is 5.56 Å². The lowest BCUT2D eigenvalue weighted by Gasteiger charge is -2.02. The Morgan fingerprint density at radius 3 is 2.43 bits per heavy atom. The number of fused-ring (bicyclic) bond motifs is 1. The van der Waals surface area contributed by atoms with E-state index in [1.807, 2.05) is 29.8 Å². The van der Waals surface area contributed by atoms with Crippen LogP contribution in [0.25, 0.3) is 30.5 Å². The molecule has 116 valence electrons. The van der Waals surface area contributed by atoms with Crippen LogP contribution in [-0.4, -0.2) is 16.6 Å². The minimum absolute atomic E-state index is 0.133. The highest BCUT2D eigenvalue weighted by molar-refractivity contribution is 7.27. The van der Waals surface area contributed by atoms with Gasteiger partial charge in [-0.05, 0) is 29.8 Å². The second kappa shape index (κ2) is 5.92. The molecule has 0 saturated heterocycles. The number of aromatic amines is 1. The van der Waals surface area contributed by atoms with E-state index in [1.165, 1.54) is 0 Å². The highest BCUT2D eigenvalue weighted by atomic mass is 32.1. The van der Waals surface area contributed by atoms with Crippen LogP contribution in [0.3, 0.4) is 0 Å². The number of ether oxygens (including phenoxy) is 1. The van der Waals surface area contributed by atoms with Gasteiger partial charge in [0.1, 0.15) is 5.52 Å². The topological polar surface area (TPSA) is 55.0 Å². The van der Waals surface area contributed by atoms with Gasteiger partial charge in [-0.2, -0.15) is 0 Å². The molecule has 0 fully saturated rings. The maximum absolute atomic E-state index is 12.2. The molecule has 4 rings (SSSR count). The molecule has 0 radical (unpaired) electrons. The fourth-order valence-electron chi connectivity index (χ4n) is 2.36. The molecule has 0 amide bonds. The summed E-state index contributed by atoms with van der Waals surface area (Å²) in [4.78, 5) is 24.1. The summed E-state index contributed by atoms with van der Waals surface area (Å²) in [6.07, 6.45) is 0. The summed E-state index contributed by atoms with van der Waals surface area (Å²) in [5.74, 6) is 0.133. The minimum Gasteiger partial charge on any atom is -0.474 e. The highest BCUT2D eigenvalue weighted by Crippen LogP contribution is 2.44. The lowest BCUT2D eigenvalue weighted by Crippen LogP contribution is -2.12. The van der Waals surface area contributed by atoms with Crippen molar-refractivity contribution in [3.8, 4) is 25.4 Å². The summed E-state index contributed by atoms with van der Waals surface area (Å²) in [7, 11) is 0. The molecule has 0 unspecified atom stereocenters. The predicted octanol–water partition coefficient (Wildman–Crippen LogP) is 4.84. The molecule has 1 N–H and O–H groups in total. The van der Waals surface area contributed by atoms with Crippen LogP contribution in [0.4, 0.5) is 0 Å². The molecular weight excluding hydrogens is 348 g/mol. The van der Waals surface area contributed by atoms with Gasteiger partial charge in [-0.1, -0.05) is 12.1 Å². The first-order valence-electron chi connectivity index (χ1n) is 7.05. The first kappa shape index (κ1) is 14.6. The molecule has 0 bridgehead atoms. The number of nitrogens with zero attached hydrogens (tertiary/aromatic N) is 1. The van der Waals surface area contributed by atoms with Crippen molar-refractivity contribution in [1.29, 1.82) is 0 Å². The van der Waals surface area contributed by atoms with E-state index >= 15 is 0 Å². The van der Waals surface area contributed by atoms with Gasteiger partial charge in [-0.15, -0.1) is 34.0 Å². The summed E-state index contributed by atoms with van der Waals surface area (Å²) in [6, 6.07) is 8.16. The summed E-state index contributed by atoms with van der Waals surface area (Å²) in [5.41, 5.74) is 1.30. The van der Waals surface area contributed by atoms with Crippen LogP contribution in [0.1, 0.15) is 6.92 Å². The predicted molar refractivity (Wildman–Crippen MR) is 98.0 cm³/mol. The number of hydrogen-bond donors (Lipinski definition) is 1. The molecule has 7 heteroatoms. The van der Waals surface area contributed by atoms with E-state index in [0.717, 1.165) is 30.5 Å². The molecule has 0 atom stereocenters. The summed E-state index contributed by atoms with van der Waals surface area (Å²) in [6.45, 7) is 2.26. The van der Waals surface area contributed by atoms with Crippen molar-refractivity contribution in [3.63, 3.8) is 0 Å². The summed E-state index contributed by atoms with van der Waals surface area (Å²) >= 11 is 4.98. The van der Waals surface area contributed by atoms with Crippen molar-refractivity contribution < 1.29 is 4.74 Å². The third-order valence-corrected chi connectivity index (χ3v) is 6.58. The Morgan fingerprint density at radius 2 is 1.83 bits per heavy atom. The van der Waals surface area contributed by atoms with Gasteiger partial charge < -0.3 is 9.72 Å². The van der Waals surface area contributed by atoms with Crippen LogP contribution >= 0.6 is 34.0 Å². The fraction of sp³-hybridized carbons (Fsp3) is 0.125. The third kappa shape index (κ3) is 2.50. The molecule has 23 heavy (non-hydrogen) atoms. The van der Waals surface area contributed by atoms with E-state index in [4.69, 9.17) is 4.74 Å². The second-order valence-electron chi connectivity index (χ2n) is 4.74. The Bertz CT molecular complexity index is 998.